The van der Waals surface area contributed by atoms with E-state index in [0.717, 1.165) is 24.3 Å². The van der Waals surface area contributed by atoms with E-state index in [1.807, 2.05) is 0 Å². The average Bonchev–Trinajstić information content (AvgIpc) is 2.55. The number of anilines is 2. The van der Waals surface area contributed by atoms with Gasteiger partial charge in [-0.2, -0.15) is 13.2 Å². The van der Waals surface area contributed by atoms with Crippen LogP contribution in [-0.2, 0) is 15.8 Å². The van der Waals surface area contributed by atoms with Gasteiger partial charge >= 0.3 is 6.18 Å². The van der Waals surface area contributed by atoms with E-state index in [-0.39, 0.29) is 11.6 Å². The summed E-state index contributed by atoms with van der Waals surface area (Å²) in [5.74, 6) is -1.73. The Labute approximate surface area is 146 Å². The molecule has 2 aromatic rings. The maximum atomic E-state index is 13.7. The van der Waals surface area contributed by atoms with Crippen molar-refractivity contribution < 1.29 is 27.2 Å². The summed E-state index contributed by atoms with van der Waals surface area (Å²) >= 11 is 0. The fourth-order valence-corrected chi connectivity index (χ4v) is 2.03. The van der Waals surface area contributed by atoms with Gasteiger partial charge in [-0.15, -0.1) is 0 Å². The Bertz CT molecular complexity index is 843. The van der Waals surface area contributed by atoms with Crippen molar-refractivity contribution in [1.82, 2.24) is 0 Å². The molecule has 0 aliphatic heterocycles. The molecule has 2 amide bonds. The van der Waals surface area contributed by atoms with E-state index in [9.17, 15) is 27.2 Å². The third-order valence-corrected chi connectivity index (χ3v) is 3.21. The molecule has 136 valence electrons. The van der Waals surface area contributed by atoms with Crippen LogP contribution in [-0.4, -0.2) is 11.8 Å². The van der Waals surface area contributed by atoms with Crippen LogP contribution in [0, 0.1) is 5.82 Å². The standard InChI is InChI=1S/C18H14F4N2O2/c1-11(25)23-14-7-8-15(19)16(10-14)24-17(26)9-4-12-2-5-13(6-3-12)18(20,21)22/h2-10H,1H3,(H,23,25)(H,24,26)/b9-4+. The Kier molecular flexibility index (Phi) is 5.76. The Morgan fingerprint density at radius 1 is 1.00 bits per heavy atom. The van der Waals surface area contributed by atoms with Gasteiger partial charge in [-0.05, 0) is 42.0 Å². The van der Waals surface area contributed by atoms with Crippen LogP contribution in [0.1, 0.15) is 18.1 Å². The molecular formula is C18H14F4N2O2. The van der Waals surface area contributed by atoms with E-state index in [2.05, 4.69) is 10.6 Å². The van der Waals surface area contributed by atoms with Gasteiger partial charge in [0, 0.05) is 18.7 Å². The number of carbonyl (C=O) groups excluding carboxylic acids is 2. The lowest BCUT2D eigenvalue weighted by molar-refractivity contribution is -0.137. The van der Waals surface area contributed by atoms with Gasteiger partial charge in [-0.3, -0.25) is 9.59 Å². The molecule has 0 saturated heterocycles. The number of alkyl halides is 3. The molecule has 8 heteroatoms. The minimum absolute atomic E-state index is 0.140. The Balaban J connectivity index is 2.06. The number of rotatable bonds is 4. The molecule has 0 aliphatic carbocycles. The molecule has 0 heterocycles. The van der Waals surface area contributed by atoms with E-state index in [1.54, 1.807) is 0 Å². The number of carbonyl (C=O) groups is 2. The summed E-state index contributed by atoms with van der Waals surface area (Å²) in [6, 6.07) is 7.89. The second kappa shape index (κ2) is 7.81. The number of amides is 2. The largest absolute Gasteiger partial charge is 0.416 e. The minimum Gasteiger partial charge on any atom is -0.326 e. The monoisotopic (exact) mass is 366 g/mol. The van der Waals surface area contributed by atoms with Gasteiger partial charge in [-0.25, -0.2) is 4.39 Å². The van der Waals surface area contributed by atoms with Crippen LogP contribution < -0.4 is 10.6 Å². The van der Waals surface area contributed by atoms with Crippen LogP contribution >= 0.6 is 0 Å². The fraction of sp³-hybridized carbons (Fsp3) is 0.111. The summed E-state index contributed by atoms with van der Waals surface area (Å²) < 4.78 is 51.2. The smallest absolute Gasteiger partial charge is 0.326 e. The third-order valence-electron chi connectivity index (χ3n) is 3.21. The highest BCUT2D eigenvalue weighted by Crippen LogP contribution is 2.29. The second-order valence-electron chi connectivity index (χ2n) is 5.32. The van der Waals surface area contributed by atoms with Crippen LogP contribution in [0.25, 0.3) is 6.08 Å². The Morgan fingerprint density at radius 3 is 2.23 bits per heavy atom. The van der Waals surface area contributed by atoms with Crippen molar-refractivity contribution in [3.63, 3.8) is 0 Å². The number of hydrogen-bond donors (Lipinski definition) is 2. The maximum absolute atomic E-state index is 13.7. The zero-order valence-electron chi connectivity index (χ0n) is 13.5. The highest BCUT2D eigenvalue weighted by molar-refractivity contribution is 6.02. The topological polar surface area (TPSA) is 58.2 Å². The van der Waals surface area contributed by atoms with Gasteiger partial charge in [0.2, 0.25) is 11.8 Å². The molecule has 0 saturated carbocycles. The normalized spacial score (nSPS) is 11.4. The maximum Gasteiger partial charge on any atom is 0.416 e. The second-order valence-corrected chi connectivity index (χ2v) is 5.32. The molecule has 0 atom stereocenters. The summed E-state index contributed by atoms with van der Waals surface area (Å²) in [5, 5.41) is 4.75. The SMILES string of the molecule is CC(=O)Nc1ccc(F)c(NC(=O)/C=C/c2ccc(C(F)(F)F)cc2)c1. The van der Waals surface area contributed by atoms with Crippen LogP contribution in [0.5, 0.6) is 0 Å². The van der Waals surface area contributed by atoms with Crippen molar-refractivity contribution in [3.8, 4) is 0 Å². The molecule has 2 N–H and O–H groups in total. The summed E-state index contributed by atoms with van der Waals surface area (Å²) in [5.41, 5.74) is -0.254. The number of halogens is 4. The lowest BCUT2D eigenvalue weighted by atomic mass is 10.1. The Hall–Kier alpha value is -3.16. The molecular weight excluding hydrogens is 352 g/mol. The third kappa shape index (κ3) is 5.44. The zero-order chi connectivity index (χ0) is 19.3. The molecule has 0 aromatic heterocycles. The molecule has 0 fully saturated rings. The van der Waals surface area contributed by atoms with Gasteiger partial charge in [0.1, 0.15) is 5.82 Å². The van der Waals surface area contributed by atoms with Crippen LogP contribution in [0.2, 0.25) is 0 Å². The van der Waals surface area contributed by atoms with Crippen molar-refractivity contribution >= 4 is 29.3 Å². The first-order valence-corrected chi connectivity index (χ1v) is 7.38. The quantitative estimate of drug-likeness (QED) is 0.620. The molecule has 2 rings (SSSR count). The summed E-state index contributed by atoms with van der Waals surface area (Å²) in [7, 11) is 0. The number of nitrogens with one attached hydrogen (secondary N) is 2. The first-order chi connectivity index (χ1) is 12.1. The molecule has 0 unspecified atom stereocenters. The highest BCUT2D eigenvalue weighted by Gasteiger charge is 2.29. The number of hydrogen-bond acceptors (Lipinski definition) is 2. The fourth-order valence-electron chi connectivity index (χ4n) is 2.03. The predicted octanol–water partition coefficient (Wildman–Crippen LogP) is 4.45. The molecule has 26 heavy (non-hydrogen) atoms. The molecule has 4 nitrogen and oxygen atoms in total. The van der Waals surface area contributed by atoms with Crippen molar-refractivity contribution in [2.24, 2.45) is 0 Å². The van der Waals surface area contributed by atoms with Crippen molar-refractivity contribution in [2.45, 2.75) is 13.1 Å². The van der Waals surface area contributed by atoms with E-state index >= 15 is 0 Å². The first-order valence-electron chi connectivity index (χ1n) is 7.38. The van der Waals surface area contributed by atoms with Crippen molar-refractivity contribution in [1.29, 1.82) is 0 Å². The summed E-state index contributed by atoms with van der Waals surface area (Å²) in [6.45, 7) is 1.29. The highest BCUT2D eigenvalue weighted by atomic mass is 19.4. The van der Waals surface area contributed by atoms with Crippen molar-refractivity contribution in [3.05, 3.63) is 65.5 Å². The molecule has 0 aliphatic rings. The van der Waals surface area contributed by atoms with Gasteiger partial charge in [0.05, 0.1) is 11.3 Å². The summed E-state index contributed by atoms with van der Waals surface area (Å²) in [4.78, 5) is 22.9. The van der Waals surface area contributed by atoms with Crippen LogP contribution in [0.15, 0.2) is 48.5 Å². The van der Waals surface area contributed by atoms with Gasteiger partial charge in [0.25, 0.3) is 0 Å². The Morgan fingerprint density at radius 2 is 1.65 bits per heavy atom. The predicted molar refractivity (Wildman–Crippen MR) is 89.8 cm³/mol. The molecule has 2 aromatic carbocycles. The summed E-state index contributed by atoms with van der Waals surface area (Å²) in [6.07, 6.45) is -2.08. The van der Waals surface area contributed by atoms with Gasteiger partial charge < -0.3 is 10.6 Å². The lowest BCUT2D eigenvalue weighted by Gasteiger charge is -2.08. The zero-order valence-corrected chi connectivity index (χ0v) is 13.5. The molecule has 0 radical (unpaired) electrons. The van der Waals surface area contributed by atoms with E-state index < -0.39 is 23.5 Å². The van der Waals surface area contributed by atoms with Gasteiger partial charge in [-0.1, -0.05) is 12.1 Å². The first kappa shape index (κ1) is 19.2. The van der Waals surface area contributed by atoms with E-state index in [1.165, 1.54) is 37.3 Å². The molecule has 0 spiro atoms. The van der Waals surface area contributed by atoms with Crippen LogP contribution in [0.3, 0.4) is 0 Å². The number of benzene rings is 2. The van der Waals surface area contributed by atoms with E-state index in [0.29, 0.717) is 11.3 Å². The molecule has 0 bridgehead atoms. The van der Waals surface area contributed by atoms with Crippen molar-refractivity contribution in [2.75, 3.05) is 10.6 Å². The minimum atomic E-state index is -4.43. The van der Waals surface area contributed by atoms with E-state index in [4.69, 9.17) is 0 Å². The van der Waals surface area contributed by atoms with Crippen LogP contribution in [0.4, 0.5) is 28.9 Å². The van der Waals surface area contributed by atoms with Gasteiger partial charge in [0.15, 0.2) is 0 Å². The lowest BCUT2D eigenvalue weighted by Crippen LogP contribution is -2.11. The average molecular weight is 366 g/mol.